The first kappa shape index (κ1) is 13.5. The Bertz CT molecular complexity index is 391. The molecular formula is C14H22ClN3. The van der Waals surface area contributed by atoms with Crippen molar-refractivity contribution in [3.8, 4) is 0 Å². The summed E-state index contributed by atoms with van der Waals surface area (Å²) in [6, 6.07) is 5.63. The van der Waals surface area contributed by atoms with Crippen molar-refractivity contribution in [2.75, 3.05) is 31.7 Å². The lowest BCUT2D eigenvalue weighted by atomic mass is 9.96. The van der Waals surface area contributed by atoms with Crippen molar-refractivity contribution in [2.45, 2.75) is 31.2 Å². The lowest BCUT2D eigenvalue weighted by Gasteiger charge is -2.37. The molecule has 18 heavy (non-hydrogen) atoms. The number of likely N-dealkylation sites (N-methyl/N-ethyl adjacent to an activating group) is 1. The Hall–Kier alpha value is -0.930. The molecule has 3 nitrogen and oxygen atoms in total. The van der Waals surface area contributed by atoms with Crippen LogP contribution in [0, 0.1) is 0 Å². The SMILES string of the molecule is CN(C)C1(CNc2c(N)cccc2Cl)CCCC1. The van der Waals surface area contributed by atoms with Crippen LogP contribution in [0.5, 0.6) is 0 Å². The van der Waals surface area contributed by atoms with Crippen molar-refractivity contribution in [3.63, 3.8) is 0 Å². The van der Waals surface area contributed by atoms with Crippen molar-refractivity contribution >= 4 is 23.0 Å². The van der Waals surface area contributed by atoms with Gasteiger partial charge >= 0.3 is 0 Å². The molecule has 0 radical (unpaired) electrons. The van der Waals surface area contributed by atoms with E-state index >= 15 is 0 Å². The normalized spacial score (nSPS) is 18.2. The zero-order chi connectivity index (χ0) is 13.2. The summed E-state index contributed by atoms with van der Waals surface area (Å²) in [5, 5.41) is 4.14. The predicted octanol–water partition coefficient (Wildman–Crippen LogP) is 3.21. The van der Waals surface area contributed by atoms with E-state index in [-0.39, 0.29) is 5.54 Å². The molecule has 0 aliphatic heterocycles. The number of halogens is 1. The first-order chi connectivity index (χ1) is 8.55. The number of rotatable bonds is 4. The zero-order valence-electron chi connectivity index (χ0n) is 11.2. The molecule has 0 atom stereocenters. The van der Waals surface area contributed by atoms with Crippen LogP contribution in [0.1, 0.15) is 25.7 Å². The third-order valence-electron chi connectivity index (χ3n) is 4.12. The second kappa shape index (κ2) is 5.37. The van der Waals surface area contributed by atoms with Crippen LogP contribution in [0.25, 0.3) is 0 Å². The second-order valence-corrected chi connectivity index (χ2v) is 5.79. The molecule has 0 aromatic heterocycles. The van der Waals surface area contributed by atoms with E-state index < -0.39 is 0 Å². The van der Waals surface area contributed by atoms with Crippen molar-refractivity contribution in [2.24, 2.45) is 0 Å². The number of benzene rings is 1. The van der Waals surface area contributed by atoms with Crippen molar-refractivity contribution in [3.05, 3.63) is 23.2 Å². The van der Waals surface area contributed by atoms with Crippen molar-refractivity contribution < 1.29 is 0 Å². The third kappa shape index (κ3) is 2.57. The number of nitrogens with zero attached hydrogens (tertiary/aromatic N) is 1. The molecule has 3 N–H and O–H groups in total. The molecule has 0 unspecified atom stereocenters. The van der Waals surface area contributed by atoms with E-state index in [1.807, 2.05) is 18.2 Å². The Morgan fingerprint density at radius 3 is 2.56 bits per heavy atom. The average molecular weight is 268 g/mol. The summed E-state index contributed by atoms with van der Waals surface area (Å²) in [6.45, 7) is 0.897. The molecule has 0 bridgehead atoms. The monoisotopic (exact) mass is 267 g/mol. The summed E-state index contributed by atoms with van der Waals surface area (Å²) in [4.78, 5) is 2.33. The molecule has 0 spiro atoms. The molecule has 1 aromatic rings. The van der Waals surface area contributed by atoms with E-state index in [1.54, 1.807) is 0 Å². The second-order valence-electron chi connectivity index (χ2n) is 5.38. The summed E-state index contributed by atoms with van der Waals surface area (Å²) in [5.41, 5.74) is 7.79. The van der Waals surface area contributed by atoms with E-state index in [0.717, 1.165) is 17.9 Å². The van der Waals surface area contributed by atoms with Gasteiger partial charge in [-0.05, 0) is 39.1 Å². The van der Waals surface area contributed by atoms with E-state index in [4.69, 9.17) is 17.3 Å². The summed E-state index contributed by atoms with van der Waals surface area (Å²) < 4.78 is 0. The van der Waals surface area contributed by atoms with Crippen LogP contribution >= 0.6 is 11.6 Å². The number of anilines is 2. The van der Waals surface area contributed by atoms with Gasteiger partial charge in [0.25, 0.3) is 0 Å². The molecule has 0 saturated heterocycles. The molecule has 2 rings (SSSR count). The Morgan fingerprint density at radius 1 is 1.33 bits per heavy atom. The molecule has 1 fully saturated rings. The maximum Gasteiger partial charge on any atom is 0.0763 e. The maximum absolute atomic E-state index is 6.18. The molecule has 1 aromatic carbocycles. The van der Waals surface area contributed by atoms with Gasteiger partial charge in [-0.1, -0.05) is 30.5 Å². The molecule has 1 aliphatic rings. The number of nitrogens with one attached hydrogen (secondary N) is 1. The minimum atomic E-state index is 0.242. The Balaban J connectivity index is 2.11. The molecule has 1 saturated carbocycles. The largest absolute Gasteiger partial charge is 0.397 e. The molecule has 0 heterocycles. The topological polar surface area (TPSA) is 41.3 Å². The van der Waals surface area contributed by atoms with Crippen LogP contribution < -0.4 is 11.1 Å². The molecule has 0 amide bonds. The fourth-order valence-electron chi connectivity index (χ4n) is 2.80. The molecule has 4 heteroatoms. The van der Waals surface area contributed by atoms with Gasteiger partial charge in [0.15, 0.2) is 0 Å². The summed E-state index contributed by atoms with van der Waals surface area (Å²) in [5.74, 6) is 0. The fraction of sp³-hybridized carbons (Fsp3) is 0.571. The summed E-state index contributed by atoms with van der Waals surface area (Å²) >= 11 is 6.18. The Kier molecular flexibility index (Phi) is 4.03. The fourth-order valence-corrected chi connectivity index (χ4v) is 3.04. The quantitative estimate of drug-likeness (QED) is 0.823. The smallest absolute Gasteiger partial charge is 0.0763 e. The van der Waals surface area contributed by atoms with Crippen LogP contribution in [-0.2, 0) is 0 Å². The van der Waals surface area contributed by atoms with Gasteiger partial charge in [-0.15, -0.1) is 0 Å². The maximum atomic E-state index is 6.18. The van der Waals surface area contributed by atoms with Gasteiger partial charge in [0.05, 0.1) is 16.4 Å². The van der Waals surface area contributed by atoms with Crippen LogP contribution in [0.15, 0.2) is 18.2 Å². The van der Waals surface area contributed by atoms with Gasteiger partial charge in [-0.2, -0.15) is 0 Å². The third-order valence-corrected chi connectivity index (χ3v) is 4.44. The Morgan fingerprint density at radius 2 is 2.00 bits per heavy atom. The van der Waals surface area contributed by atoms with Crippen molar-refractivity contribution in [1.82, 2.24) is 4.90 Å². The highest BCUT2D eigenvalue weighted by Gasteiger charge is 2.35. The summed E-state index contributed by atoms with van der Waals surface area (Å²) in [6.07, 6.45) is 5.07. The minimum Gasteiger partial charge on any atom is -0.397 e. The zero-order valence-corrected chi connectivity index (χ0v) is 11.9. The van der Waals surface area contributed by atoms with Crippen LogP contribution in [0.3, 0.4) is 0 Å². The van der Waals surface area contributed by atoms with E-state index in [9.17, 15) is 0 Å². The Labute approximate surface area is 114 Å². The number of hydrogen-bond acceptors (Lipinski definition) is 3. The van der Waals surface area contributed by atoms with Gasteiger partial charge in [-0.25, -0.2) is 0 Å². The van der Waals surface area contributed by atoms with Crippen LogP contribution in [0.2, 0.25) is 5.02 Å². The van der Waals surface area contributed by atoms with Gasteiger partial charge < -0.3 is 16.0 Å². The average Bonchev–Trinajstić information content (AvgIpc) is 2.78. The van der Waals surface area contributed by atoms with Crippen LogP contribution in [-0.4, -0.2) is 31.1 Å². The first-order valence-electron chi connectivity index (χ1n) is 6.50. The molecular weight excluding hydrogens is 246 g/mol. The summed E-state index contributed by atoms with van der Waals surface area (Å²) in [7, 11) is 4.31. The van der Waals surface area contributed by atoms with Gasteiger partial charge in [0.2, 0.25) is 0 Å². The highest BCUT2D eigenvalue weighted by atomic mass is 35.5. The van der Waals surface area contributed by atoms with Gasteiger partial charge in [0.1, 0.15) is 0 Å². The highest BCUT2D eigenvalue weighted by Crippen LogP contribution is 2.35. The number of nitrogen functional groups attached to an aromatic ring is 1. The predicted molar refractivity (Wildman–Crippen MR) is 79.2 cm³/mol. The first-order valence-corrected chi connectivity index (χ1v) is 6.88. The highest BCUT2D eigenvalue weighted by molar-refractivity contribution is 6.33. The lowest BCUT2D eigenvalue weighted by molar-refractivity contribution is 0.172. The number of para-hydroxylation sites is 1. The van der Waals surface area contributed by atoms with Gasteiger partial charge in [0, 0.05) is 12.1 Å². The van der Waals surface area contributed by atoms with Crippen molar-refractivity contribution in [1.29, 1.82) is 0 Å². The number of hydrogen-bond donors (Lipinski definition) is 2. The molecule has 100 valence electrons. The van der Waals surface area contributed by atoms with Crippen LogP contribution in [0.4, 0.5) is 11.4 Å². The lowest BCUT2D eigenvalue weighted by Crippen LogP contribution is -2.47. The van der Waals surface area contributed by atoms with E-state index in [1.165, 1.54) is 25.7 Å². The number of nitrogens with two attached hydrogens (primary N) is 1. The van der Waals surface area contributed by atoms with Gasteiger partial charge in [-0.3, -0.25) is 0 Å². The van der Waals surface area contributed by atoms with E-state index in [2.05, 4.69) is 24.3 Å². The van der Waals surface area contributed by atoms with E-state index in [0.29, 0.717) is 5.02 Å². The minimum absolute atomic E-state index is 0.242. The standard InChI is InChI=1S/C14H22ClN3/c1-18(2)14(8-3-4-9-14)10-17-13-11(15)6-5-7-12(13)16/h5-7,17H,3-4,8-10,16H2,1-2H3. The molecule has 1 aliphatic carbocycles.